The minimum atomic E-state index is -1.80. The first-order chi connectivity index (χ1) is 20.5. The van der Waals surface area contributed by atoms with E-state index in [9.17, 15) is 56.2 Å². The van der Waals surface area contributed by atoms with E-state index in [0.717, 1.165) is 0 Å². The van der Waals surface area contributed by atoms with Gasteiger partial charge in [0.1, 0.15) is 97.7 Å². The number of aliphatic hydroxyl groups excluding tert-OH is 11. The smallest absolute Gasteiger partial charge is 0.187 e. The Morgan fingerprint density at radius 1 is 0.581 bits per heavy atom. The maximum Gasteiger partial charge on any atom is 0.187 e. The molecule has 19 heteroatoms. The van der Waals surface area contributed by atoms with Gasteiger partial charge in [0, 0.05) is 0 Å². The highest BCUT2D eigenvalue weighted by atomic mass is 16.8. The van der Waals surface area contributed by atoms with Crippen molar-refractivity contribution < 1.29 is 94.1 Å². The van der Waals surface area contributed by atoms with E-state index in [1.807, 2.05) is 0 Å². The summed E-state index contributed by atoms with van der Waals surface area (Å²) in [5.41, 5.74) is 0. The maximum absolute atomic E-state index is 11.0. The van der Waals surface area contributed by atoms with Crippen molar-refractivity contribution in [2.24, 2.45) is 0 Å². The molecule has 0 radical (unpaired) electrons. The molecule has 43 heavy (non-hydrogen) atoms. The largest absolute Gasteiger partial charge is 0.394 e. The lowest BCUT2D eigenvalue weighted by atomic mass is 9.97. The second-order valence-electron chi connectivity index (χ2n) is 11.2. The number of ether oxygens (including phenoxy) is 8. The zero-order chi connectivity index (χ0) is 31.2. The summed E-state index contributed by atoms with van der Waals surface area (Å²) in [5, 5.41) is 112. The summed E-state index contributed by atoms with van der Waals surface area (Å²) in [6, 6.07) is 0. The second-order valence-corrected chi connectivity index (χ2v) is 11.2. The van der Waals surface area contributed by atoms with Gasteiger partial charge in [0.2, 0.25) is 0 Å². The summed E-state index contributed by atoms with van der Waals surface area (Å²) in [6.45, 7) is -2.52. The predicted octanol–water partition coefficient (Wildman–Crippen LogP) is -8.02. The van der Waals surface area contributed by atoms with Gasteiger partial charge in [0.05, 0.1) is 33.0 Å². The molecule has 0 amide bonds. The molecule has 0 aromatic rings. The Morgan fingerprint density at radius 3 is 1.81 bits per heavy atom. The lowest BCUT2D eigenvalue weighted by Gasteiger charge is -2.46. The first-order valence-corrected chi connectivity index (χ1v) is 13.9. The third kappa shape index (κ3) is 6.45. The molecule has 5 rings (SSSR count). The van der Waals surface area contributed by atoms with Crippen molar-refractivity contribution >= 4 is 0 Å². The molecule has 5 heterocycles. The van der Waals surface area contributed by atoms with Crippen LogP contribution in [-0.4, -0.2) is 206 Å². The van der Waals surface area contributed by atoms with Crippen LogP contribution in [0.4, 0.5) is 0 Å². The van der Waals surface area contributed by atoms with E-state index in [2.05, 4.69) is 0 Å². The van der Waals surface area contributed by atoms with Crippen molar-refractivity contribution in [3.8, 4) is 0 Å². The Kier molecular flexibility index (Phi) is 10.9. The predicted molar refractivity (Wildman–Crippen MR) is 129 cm³/mol. The van der Waals surface area contributed by atoms with Crippen LogP contribution >= 0.6 is 0 Å². The van der Waals surface area contributed by atoms with Gasteiger partial charge < -0.3 is 94.1 Å². The van der Waals surface area contributed by atoms with Crippen molar-refractivity contribution in [3.63, 3.8) is 0 Å². The number of fused-ring (bicyclic) bond motifs is 2. The zero-order valence-corrected chi connectivity index (χ0v) is 22.7. The summed E-state index contributed by atoms with van der Waals surface area (Å²) in [7, 11) is 0. The van der Waals surface area contributed by atoms with Crippen molar-refractivity contribution in [1.29, 1.82) is 0 Å². The van der Waals surface area contributed by atoms with Gasteiger partial charge in [0.25, 0.3) is 0 Å². The first-order valence-electron chi connectivity index (χ1n) is 13.9. The molecule has 5 aliphatic rings. The molecule has 0 aromatic heterocycles. The monoisotopic (exact) mass is 632 g/mol. The Morgan fingerprint density at radius 2 is 1.16 bits per heavy atom. The molecule has 5 fully saturated rings. The van der Waals surface area contributed by atoms with Crippen LogP contribution in [0.5, 0.6) is 0 Å². The van der Waals surface area contributed by atoms with Gasteiger partial charge in [-0.1, -0.05) is 0 Å². The Labute approximate surface area is 244 Å². The summed E-state index contributed by atoms with van der Waals surface area (Å²) in [4.78, 5) is 0. The molecule has 19 nitrogen and oxygen atoms in total. The molecule has 0 aliphatic carbocycles. The van der Waals surface area contributed by atoms with Crippen LogP contribution in [0.2, 0.25) is 0 Å². The lowest BCUT2D eigenvalue weighted by molar-refractivity contribution is -0.367. The molecule has 0 spiro atoms. The number of hydrogen-bond donors (Lipinski definition) is 11. The highest BCUT2D eigenvalue weighted by molar-refractivity contribution is 5.00. The van der Waals surface area contributed by atoms with Crippen molar-refractivity contribution in [1.82, 2.24) is 0 Å². The zero-order valence-electron chi connectivity index (χ0n) is 22.7. The van der Waals surface area contributed by atoms with Gasteiger partial charge in [-0.2, -0.15) is 0 Å². The first kappa shape index (κ1) is 33.6. The SMILES string of the molecule is OC[C@@H](O)[C@@H]1OC[C@H](O)[C@H]1O[C@@H]1O[C@H](CO)[C@H](O)[C@H](O[C@@H]2O[C@H]3CO[C@@H]([C@@H]2O)[C@@H]3O[C@@H]2O[C@H](CO)[C@H](O)[C@H](O)[C@H]2O)[C@H]1O. The van der Waals surface area contributed by atoms with Gasteiger partial charge in [-0.05, 0) is 0 Å². The second kappa shape index (κ2) is 13.9. The van der Waals surface area contributed by atoms with E-state index in [1.54, 1.807) is 0 Å². The van der Waals surface area contributed by atoms with Gasteiger partial charge >= 0.3 is 0 Å². The quantitative estimate of drug-likeness (QED) is 0.107. The molecule has 0 unspecified atom stereocenters. The summed E-state index contributed by atoms with van der Waals surface area (Å²) < 4.78 is 44.7. The summed E-state index contributed by atoms with van der Waals surface area (Å²) in [6.07, 6.45) is -27.4. The average molecular weight is 633 g/mol. The highest BCUT2D eigenvalue weighted by Gasteiger charge is 2.57. The normalized spacial score (nSPS) is 52.8. The van der Waals surface area contributed by atoms with E-state index >= 15 is 0 Å². The third-order valence-corrected chi connectivity index (χ3v) is 8.34. The topological polar surface area (TPSA) is 296 Å². The van der Waals surface area contributed by atoms with Gasteiger partial charge in [-0.15, -0.1) is 0 Å². The van der Waals surface area contributed by atoms with Crippen LogP contribution in [0.1, 0.15) is 0 Å². The molecular formula is C24H40O19. The lowest BCUT2D eigenvalue weighted by Crippen LogP contribution is -2.65. The molecule has 250 valence electrons. The molecular weight excluding hydrogens is 592 g/mol. The molecule has 5 saturated heterocycles. The van der Waals surface area contributed by atoms with Crippen LogP contribution in [0.25, 0.3) is 0 Å². The van der Waals surface area contributed by atoms with Crippen LogP contribution in [-0.2, 0) is 37.9 Å². The Bertz CT molecular complexity index is 899. The molecule has 11 N–H and O–H groups in total. The van der Waals surface area contributed by atoms with Gasteiger partial charge in [0.15, 0.2) is 18.9 Å². The van der Waals surface area contributed by atoms with Crippen LogP contribution < -0.4 is 0 Å². The summed E-state index contributed by atoms with van der Waals surface area (Å²) in [5.74, 6) is 0. The molecule has 0 saturated carbocycles. The fourth-order valence-corrected chi connectivity index (χ4v) is 5.89. The molecule has 0 aromatic carbocycles. The number of aliphatic hydroxyl groups is 11. The van der Waals surface area contributed by atoms with Crippen molar-refractivity contribution in [2.75, 3.05) is 33.0 Å². The number of hydrogen-bond acceptors (Lipinski definition) is 19. The maximum atomic E-state index is 11.0. The third-order valence-electron chi connectivity index (χ3n) is 8.34. The average Bonchev–Trinajstić information content (AvgIpc) is 3.52. The summed E-state index contributed by atoms with van der Waals surface area (Å²) >= 11 is 0. The van der Waals surface area contributed by atoms with E-state index in [4.69, 9.17) is 37.9 Å². The van der Waals surface area contributed by atoms with Crippen molar-refractivity contribution in [2.45, 2.75) is 117 Å². The minimum Gasteiger partial charge on any atom is -0.394 e. The Hall–Kier alpha value is -0.760. The van der Waals surface area contributed by atoms with Gasteiger partial charge in [-0.3, -0.25) is 0 Å². The molecule has 2 bridgehead atoms. The van der Waals surface area contributed by atoms with Crippen LogP contribution in [0.3, 0.4) is 0 Å². The van der Waals surface area contributed by atoms with Crippen LogP contribution in [0, 0.1) is 0 Å². The van der Waals surface area contributed by atoms with Crippen LogP contribution in [0.15, 0.2) is 0 Å². The van der Waals surface area contributed by atoms with Crippen molar-refractivity contribution in [3.05, 3.63) is 0 Å². The highest BCUT2D eigenvalue weighted by Crippen LogP contribution is 2.37. The van der Waals surface area contributed by atoms with Gasteiger partial charge in [-0.25, -0.2) is 0 Å². The molecule has 19 atom stereocenters. The number of rotatable bonds is 10. The Balaban J connectivity index is 1.26. The molecule has 5 aliphatic heterocycles. The van der Waals surface area contributed by atoms with E-state index in [0.29, 0.717) is 0 Å². The van der Waals surface area contributed by atoms with E-state index in [-0.39, 0.29) is 13.2 Å². The minimum absolute atomic E-state index is 0.123. The van der Waals surface area contributed by atoms with E-state index in [1.165, 1.54) is 0 Å². The standard InChI is InChI=1S/C24H40O19/c25-1-6(28)17-18(7(29)4-36-17)41-23-15(34)20(12(31)9(3-27)39-23)43-24-16(35)21-19(10(40-24)5-37-21)42-22-14(33)13(32)11(30)8(2-26)38-22/h6-35H,1-5H2/t6-,7+,8-,9-,10+,11+,12+,13+,14-,15-,16+,17+,18-,19-,20+,21+,22+,23+,24+/m1/s1. The van der Waals surface area contributed by atoms with E-state index < -0.39 is 136 Å². The fourth-order valence-electron chi connectivity index (χ4n) is 5.89. The fraction of sp³-hybridized carbons (Fsp3) is 1.00.